The van der Waals surface area contributed by atoms with Gasteiger partial charge < -0.3 is 19.4 Å². The Morgan fingerprint density at radius 1 is 1.21 bits per heavy atom. The number of carbonyl (C=O) groups excluding carboxylic acids is 2. The maximum atomic E-state index is 12.8. The molecule has 2 amide bonds. The number of nitrogens with zero attached hydrogens (tertiary/aromatic N) is 4. The highest BCUT2D eigenvalue weighted by molar-refractivity contribution is 7.89. The van der Waals surface area contributed by atoms with Crippen molar-refractivity contribution < 1.29 is 27.5 Å². The molecule has 3 aromatic rings. The molecule has 1 atom stereocenters. The van der Waals surface area contributed by atoms with Crippen molar-refractivity contribution in [3.8, 4) is 11.4 Å². The number of morpholine rings is 1. The Bertz CT molecular complexity index is 1490. The highest BCUT2D eigenvalue weighted by Gasteiger charge is 2.30. The Labute approximate surface area is 228 Å². The Morgan fingerprint density at radius 3 is 2.62 bits per heavy atom. The molecule has 0 bridgehead atoms. The van der Waals surface area contributed by atoms with Crippen LogP contribution in [0.2, 0.25) is 0 Å². The van der Waals surface area contributed by atoms with Gasteiger partial charge in [0.15, 0.2) is 9.84 Å². The molecule has 210 valence electrons. The molecule has 1 aliphatic heterocycles. The Balaban J connectivity index is 1.69. The molecule has 0 saturated carbocycles. The van der Waals surface area contributed by atoms with Gasteiger partial charge in [-0.05, 0) is 63.1 Å². The van der Waals surface area contributed by atoms with Crippen LogP contribution in [0.5, 0.6) is 0 Å². The predicted molar refractivity (Wildman–Crippen MR) is 148 cm³/mol. The maximum absolute atomic E-state index is 12.8. The lowest BCUT2D eigenvalue weighted by Crippen LogP contribution is -2.49. The number of nitrogens with one attached hydrogen (secondary N) is 1. The van der Waals surface area contributed by atoms with Gasteiger partial charge in [0.05, 0.1) is 47.4 Å². The number of ether oxygens (including phenoxy) is 2. The lowest BCUT2D eigenvalue weighted by Gasteiger charge is -2.34. The first kappa shape index (κ1) is 28.5. The number of aromatic amines is 1. The summed E-state index contributed by atoms with van der Waals surface area (Å²) in [6.45, 7) is 8.02. The molecule has 0 aromatic carbocycles. The van der Waals surface area contributed by atoms with Gasteiger partial charge in [-0.2, -0.15) is 0 Å². The second kappa shape index (κ2) is 10.9. The monoisotopic (exact) mass is 557 g/mol. The molecule has 1 N–H and O–H groups in total. The third-order valence-electron chi connectivity index (χ3n) is 6.09. The smallest absolute Gasteiger partial charge is 0.410 e. The lowest BCUT2D eigenvalue weighted by molar-refractivity contribution is -0.127. The van der Waals surface area contributed by atoms with E-state index >= 15 is 0 Å². The summed E-state index contributed by atoms with van der Waals surface area (Å²) in [4.78, 5) is 41.0. The zero-order valence-electron chi connectivity index (χ0n) is 23.1. The molecule has 1 saturated heterocycles. The molecule has 4 rings (SSSR count). The summed E-state index contributed by atoms with van der Waals surface area (Å²) in [5.74, 6) is -0.0453. The first-order valence-electron chi connectivity index (χ1n) is 12.7. The number of pyridine rings is 2. The van der Waals surface area contributed by atoms with Crippen LogP contribution in [0, 0.1) is 0 Å². The topological polar surface area (TPSA) is 135 Å². The minimum Gasteiger partial charge on any atom is -0.444 e. The van der Waals surface area contributed by atoms with E-state index in [1.807, 2.05) is 39.8 Å². The van der Waals surface area contributed by atoms with Crippen LogP contribution < -0.4 is 4.90 Å². The fourth-order valence-electron chi connectivity index (χ4n) is 4.41. The zero-order valence-corrected chi connectivity index (χ0v) is 24.0. The van der Waals surface area contributed by atoms with E-state index in [1.165, 1.54) is 11.2 Å². The summed E-state index contributed by atoms with van der Waals surface area (Å²) < 4.78 is 35.1. The van der Waals surface area contributed by atoms with Crippen molar-refractivity contribution in [2.75, 3.05) is 31.4 Å². The second-order valence-corrected chi connectivity index (χ2v) is 13.0. The van der Waals surface area contributed by atoms with E-state index in [9.17, 15) is 18.0 Å². The van der Waals surface area contributed by atoms with Gasteiger partial charge >= 0.3 is 6.09 Å². The van der Waals surface area contributed by atoms with E-state index in [1.54, 1.807) is 30.1 Å². The van der Waals surface area contributed by atoms with Crippen LogP contribution in [-0.2, 0) is 36.4 Å². The van der Waals surface area contributed by atoms with E-state index in [-0.39, 0.29) is 24.3 Å². The van der Waals surface area contributed by atoms with Gasteiger partial charge in [-0.15, -0.1) is 0 Å². The van der Waals surface area contributed by atoms with Crippen LogP contribution in [0.15, 0.2) is 30.3 Å². The van der Waals surface area contributed by atoms with Gasteiger partial charge in [-0.25, -0.2) is 23.2 Å². The van der Waals surface area contributed by atoms with Gasteiger partial charge in [-0.1, -0.05) is 6.92 Å². The van der Waals surface area contributed by atoms with E-state index in [0.717, 1.165) is 11.2 Å². The fraction of sp³-hybridized carbons (Fsp3) is 0.481. The molecular weight excluding hydrogens is 522 g/mol. The predicted octanol–water partition coefficient (Wildman–Crippen LogP) is 3.68. The molecular formula is C27H35N5O6S. The number of fused-ring (bicyclic) bond motifs is 1. The number of H-pyrrole nitrogens is 1. The van der Waals surface area contributed by atoms with Crippen LogP contribution in [0.25, 0.3) is 22.4 Å². The summed E-state index contributed by atoms with van der Waals surface area (Å²) in [5.41, 5.74) is 3.10. The van der Waals surface area contributed by atoms with Crippen molar-refractivity contribution in [2.24, 2.45) is 0 Å². The van der Waals surface area contributed by atoms with Gasteiger partial charge in [0.25, 0.3) is 5.91 Å². The third kappa shape index (κ3) is 7.12. The van der Waals surface area contributed by atoms with E-state index in [2.05, 4.69) is 4.98 Å². The van der Waals surface area contributed by atoms with Crippen LogP contribution >= 0.6 is 0 Å². The SMILES string of the molecule is CC[C@@H]1COCC(=O)N1c1cc(CS(C)(=O)=O)cc(-c2ccc3[nH]c(CN(C)C(=O)OC(C)(C)C)cc3n2)n1. The second-order valence-electron chi connectivity index (χ2n) is 10.9. The highest BCUT2D eigenvalue weighted by atomic mass is 32.2. The van der Waals surface area contributed by atoms with Gasteiger partial charge in [0, 0.05) is 19.0 Å². The molecule has 0 unspecified atom stereocenters. The summed E-state index contributed by atoms with van der Waals surface area (Å²) in [6.07, 6.45) is 1.39. The molecule has 39 heavy (non-hydrogen) atoms. The van der Waals surface area contributed by atoms with Crippen LogP contribution in [0.4, 0.5) is 10.6 Å². The quantitative estimate of drug-likeness (QED) is 0.465. The van der Waals surface area contributed by atoms with Crippen LogP contribution in [0.3, 0.4) is 0 Å². The Morgan fingerprint density at radius 2 is 1.95 bits per heavy atom. The number of anilines is 1. The standard InChI is InChI=1S/C27H35N5O6S/c1-7-19-14-37-15-25(33)32(19)24-11-17(16-39(6,35)36)10-22(30-24)21-9-8-20-23(29-21)12-18(28-20)13-31(5)26(34)38-27(2,3)4/h8-12,19,28H,7,13-16H2,1-6H3/t19-/m1/s1. The number of hydrogen-bond donors (Lipinski definition) is 1. The molecule has 0 radical (unpaired) electrons. The first-order valence-corrected chi connectivity index (χ1v) is 14.8. The normalized spacial score (nSPS) is 16.5. The van der Waals surface area contributed by atoms with Crippen molar-refractivity contribution in [1.29, 1.82) is 0 Å². The maximum Gasteiger partial charge on any atom is 0.410 e. The first-order chi connectivity index (χ1) is 18.2. The molecule has 0 aliphatic carbocycles. The van der Waals surface area contributed by atoms with Crippen LogP contribution in [-0.4, -0.2) is 78.4 Å². The number of amides is 2. The molecule has 3 aromatic heterocycles. The number of rotatable bonds is 7. The lowest BCUT2D eigenvalue weighted by atomic mass is 10.1. The van der Waals surface area contributed by atoms with Crippen molar-refractivity contribution in [1.82, 2.24) is 19.9 Å². The Kier molecular flexibility index (Phi) is 7.99. The number of carbonyl (C=O) groups is 2. The zero-order chi connectivity index (χ0) is 28.5. The summed E-state index contributed by atoms with van der Waals surface area (Å²) >= 11 is 0. The van der Waals surface area contributed by atoms with Gasteiger partial charge in [0.2, 0.25) is 0 Å². The minimum absolute atomic E-state index is 0.0576. The average molecular weight is 558 g/mol. The molecule has 12 heteroatoms. The number of hydrogen-bond acceptors (Lipinski definition) is 8. The highest BCUT2D eigenvalue weighted by Crippen LogP contribution is 2.28. The summed E-state index contributed by atoms with van der Waals surface area (Å²) in [5, 5.41) is 0. The molecule has 11 nitrogen and oxygen atoms in total. The van der Waals surface area contributed by atoms with Crippen molar-refractivity contribution in [2.45, 2.75) is 58.1 Å². The largest absolute Gasteiger partial charge is 0.444 e. The number of aromatic nitrogens is 3. The van der Waals surface area contributed by atoms with E-state index < -0.39 is 21.5 Å². The summed E-state index contributed by atoms with van der Waals surface area (Å²) in [6, 6.07) is 8.62. The van der Waals surface area contributed by atoms with Gasteiger partial charge in [0.1, 0.15) is 18.0 Å². The summed E-state index contributed by atoms with van der Waals surface area (Å²) in [7, 11) is -1.68. The van der Waals surface area contributed by atoms with Crippen molar-refractivity contribution in [3.05, 3.63) is 41.6 Å². The van der Waals surface area contributed by atoms with Crippen molar-refractivity contribution in [3.63, 3.8) is 0 Å². The average Bonchev–Trinajstić information content (AvgIpc) is 3.22. The van der Waals surface area contributed by atoms with E-state index in [4.69, 9.17) is 19.4 Å². The minimum atomic E-state index is -3.34. The Hall–Kier alpha value is -3.51. The molecule has 1 aliphatic rings. The van der Waals surface area contributed by atoms with E-state index in [0.29, 0.717) is 47.9 Å². The molecule has 1 fully saturated rings. The van der Waals surface area contributed by atoms with Crippen molar-refractivity contribution >= 4 is 38.7 Å². The van der Waals surface area contributed by atoms with Gasteiger partial charge in [-0.3, -0.25) is 9.69 Å². The molecule has 4 heterocycles. The van der Waals surface area contributed by atoms with Crippen LogP contribution in [0.1, 0.15) is 45.4 Å². The molecule has 0 spiro atoms. The third-order valence-corrected chi connectivity index (χ3v) is 6.95. The fourth-order valence-corrected chi connectivity index (χ4v) is 5.18. The number of sulfone groups is 1.